The van der Waals surface area contributed by atoms with Crippen molar-refractivity contribution in [1.82, 2.24) is 18.7 Å². The third kappa shape index (κ3) is 3.54. The van der Waals surface area contributed by atoms with Gasteiger partial charge in [0.1, 0.15) is 12.1 Å². The molecule has 3 aromatic rings. The minimum absolute atomic E-state index is 0.0531. The van der Waals surface area contributed by atoms with Crippen LogP contribution in [0.4, 0.5) is 4.39 Å². The van der Waals surface area contributed by atoms with Crippen molar-refractivity contribution in [3.8, 4) is 11.5 Å². The van der Waals surface area contributed by atoms with Gasteiger partial charge >= 0.3 is 17.1 Å². The van der Waals surface area contributed by atoms with Crippen molar-refractivity contribution >= 4 is 0 Å². The van der Waals surface area contributed by atoms with Gasteiger partial charge in [-0.05, 0) is 18.2 Å². The monoisotopic (exact) mass is 384 g/mol. The van der Waals surface area contributed by atoms with Gasteiger partial charge in [-0.3, -0.25) is 0 Å². The van der Waals surface area contributed by atoms with Crippen LogP contribution in [0.5, 0.6) is 0 Å². The number of hydrogen-bond donors (Lipinski definition) is 0. The second-order valence-electron chi connectivity index (χ2n) is 5.89. The highest BCUT2D eigenvalue weighted by atomic mass is 19.1. The average molecular weight is 384 g/mol. The number of allylic oxidation sites excluding steroid dienone is 2. The number of aromatic nitrogens is 4. The van der Waals surface area contributed by atoms with E-state index in [1.165, 1.54) is 36.6 Å². The Kier molecular flexibility index (Phi) is 5.35. The Morgan fingerprint density at radius 3 is 2.18 bits per heavy atom. The zero-order valence-corrected chi connectivity index (χ0v) is 14.9. The molecule has 2 heterocycles. The Hall–Kier alpha value is -3.75. The van der Waals surface area contributed by atoms with Crippen LogP contribution in [0.25, 0.3) is 11.5 Å². The van der Waals surface area contributed by atoms with Crippen LogP contribution < -0.4 is 17.1 Å². The summed E-state index contributed by atoms with van der Waals surface area (Å²) in [7, 11) is 0. The topological polar surface area (TPSA) is 92.0 Å². The van der Waals surface area contributed by atoms with Gasteiger partial charge in [-0.1, -0.05) is 18.2 Å². The number of hydrogen-bond acceptors (Lipinski definition) is 5. The van der Waals surface area contributed by atoms with Gasteiger partial charge in [0.25, 0.3) is 0 Å². The summed E-state index contributed by atoms with van der Waals surface area (Å²) in [6.07, 6.45) is 4.04. The largest absolute Gasteiger partial charge is 0.444 e. The number of nitrogens with zero attached hydrogens (tertiary/aromatic N) is 4. The highest BCUT2D eigenvalue weighted by molar-refractivity contribution is 5.52. The number of oxazole rings is 1. The van der Waals surface area contributed by atoms with E-state index in [2.05, 4.69) is 18.1 Å². The van der Waals surface area contributed by atoms with Crippen molar-refractivity contribution in [2.75, 3.05) is 0 Å². The van der Waals surface area contributed by atoms with E-state index in [0.29, 0.717) is 5.56 Å². The molecule has 0 atom stereocenters. The number of rotatable bonds is 7. The molecule has 28 heavy (non-hydrogen) atoms. The van der Waals surface area contributed by atoms with E-state index in [4.69, 9.17) is 4.42 Å². The standard InChI is InChI=1S/C19H17FN4O4/c1-3-8-22-17(25)23(9-4-2)19(27)24(18(22)26)11-15-12-28-16(21-15)13-6-5-7-14(20)10-13/h3-7,10,12H,1-2,8-9,11H2. The Morgan fingerprint density at radius 1 is 1.00 bits per heavy atom. The van der Waals surface area contributed by atoms with Gasteiger partial charge < -0.3 is 4.42 Å². The highest BCUT2D eigenvalue weighted by Gasteiger charge is 2.16. The van der Waals surface area contributed by atoms with Crippen LogP contribution in [0.2, 0.25) is 0 Å². The normalized spacial score (nSPS) is 10.8. The van der Waals surface area contributed by atoms with Gasteiger partial charge in [0.15, 0.2) is 0 Å². The van der Waals surface area contributed by atoms with Gasteiger partial charge in [0.05, 0.1) is 25.3 Å². The fourth-order valence-corrected chi connectivity index (χ4v) is 2.68. The Balaban J connectivity index is 2.06. The summed E-state index contributed by atoms with van der Waals surface area (Å²) >= 11 is 0. The molecule has 0 unspecified atom stereocenters. The van der Waals surface area contributed by atoms with Gasteiger partial charge in [0, 0.05) is 5.56 Å². The quantitative estimate of drug-likeness (QED) is 0.574. The van der Waals surface area contributed by atoms with E-state index >= 15 is 0 Å². The summed E-state index contributed by atoms with van der Waals surface area (Å²) in [6, 6.07) is 5.67. The van der Waals surface area contributed by atoms with E-state index in [0.717, 1.165) is 13.7 Å². The predicted molar refractivity (Wildman–Crippen MR) is 101 cm³/mol. The summed E-state index contributed by atoms with van der Waals surface area (Å²) in [6.45, 7) is 6.72. The molecule has 3 rings (SSSR count). The van der Waals surface area contributed by atoms with Crippen molar-refractivity contribution in [2.24, 2.45) is 0 Å². The first-order valence-electron chi connectivity index (χ1n) is 8.33. The summed E-state index contributed by atoms with van der Waals surface area (Å²) in [4.78, 5) is 41.8. The molecule has 0 aliphatic heterocycles. The third-order valence-electron chi connectivity index (χ3n) is 3.95. The Morgan fingerprint density at radius 2 is 1.61 bits per heavy atom. The third-order valence-corrected chi connectivity index (χ3v) is 3.95. The molecule has 1 aromatic carbocycles. The smallest absolute Gasteiger partial charge is 0.336 e. The fourth-order valence-electron chi connectivity index (χ4n) is 2.68. The lowest BCUT2D eigenvalue weighted by Crippen LogP contribution is -2.54. The van der Waals surface area contributed by atoms with Gasteiger partial charge in [-0.15, -0.1) is 13.2 Å². The maximum Gasteiger partial charge on any atom is 0.336 e. The van der Waals surface area contributed by atoms with Crippen LogP contribution in [0.3, 0.4) is 0 Å². The van der Waals surface area contributed by atoms with Crippen molar-refractivity contribution in [1.29, 1.82) is 0 Å². The second-order valence-corrected chi connectivity index (χ2v) is 5.89. The molecule has 0 aliphatic carbocycles. The molecule has 0 aliphatic rings. The maximum atomic E-state index is 13.4. The SMILES string of the molecule is C=CCn1c(=O)n(CC=C)c(=O)n(Cc2coc(-c3cccc(F)c3)n2)c1=O. The molecular weight excluding hydrogens is 367 g/mol. The Labute approximate surface area is 158 Å². The molecule has 0 amide bonds. The molecule has 8 nitrogen and oxygen atoms in total. The average Bonchev–Trinajstić information content (AvgIpc) is 3.15. The van der Waals surface area contributed by atoms with Crippen LogP contribution in [-0.4, -0.2) is 18.7 Å². The molecule has 0 bridgehead atoms. The molecule has 9 heteroatoms. The fraction of sp³-hybridized carbons (Fsp3) is 0.158. The molecular formula is C19H17FN4O4. The van der Waals surface area contributed by atoms with Gasteiger partial charge in [-0.2, -0.15) is 0 Å². The zero-order chi connectivity index (χ0) is 20.3. The molecule has 0 radical (unpaired) electrons. The molecule has 144 valence electrons. The molecule has 0 saturated heterocycles. The van der Waals surface area contributed by atoms with Crippen LogP contribution in [0.1, 0.15) is 5.69 Å². The summed E-state index contributed by atoms with van der Waals surface area (Å²) in [5.41, 5.74) is -1.63. The van der Waals surface area contributed by atoms with E-state index in [9.17, 15) is 18.8 Å². The van der Waals surface area contributed by atoms with Gasteiger partial charge in [-0.25, -0.2) is 37.5 Å². The lowest BCUT2D eigenvalue weighted by molar-refractivity contribution is 0.494. The highest BCUT2D eigenvalue weighted by Crippen LogP contribution is 2.19. The Bertz CT molecular complexity index is 1170. The molecule has 0 saturated carbocycles. The van der Waals surface area contributed by atoms with Crippen LogP contribution in [-0.2, 0) is 19.6 Å². The van der Waals surface area contributed by atoms with E-state index in [1.807, 2.05) is 0 Å². The van der Waals surface area contributed by atoms with E-state index in [-0.39, 0.29) is 31.2 Å². The van der Waals surface area contributed by atoms with Crippen molar-refractivity contribution in [3.05, 3.63) is 98.8 Å². The van der Waals surface area contributed by atoms with Gasteiger partial charge in [0.2, 0.25) is 5.89 Å². The van der Waals surface area contributed by atoms with Crippen molar-refractivity contribution in [3.63, 3.8) is 0 Å². The van der Waals surface area contributed by atoms with Crippen molar-refractivity contribution < 1.29 is 8.81 Å². The molecule has 0 spiro atoms. The minimum atomic E-state index is -0.787. The van der Waals surface area contributed by atoms with Crippen LogP contribution >= 0.6 is 0 Å². The molecule has 0 N–H and O–H groups in total. The van der Waals surface area contributed by atoms with Crippen LogP contribution in [0, 0.1) is 5.82 Å². The first-order valence-corrected chi connectivity index (χ1v) is 8.33. The molecule has 2 aromatic heterocycles. The van der Waals surface area contributed by atoms with E-state index in [1.54, 1.807) is 6.07 Å². The van der Waals surface area contributed by atoms with Crippen LogP contribution in [0.15, 0.2) is 74.6 Å². The lowest BCUT2D eigenvalue weighted by atomic mass is 10.2. The predicted octanol–water partition coefficient (Wildman–Crippen LogP) is 1.39. The number of halogens is 1. The first kappa shape index (κ1) is 19.0. The zero-order valence-electron chi connectivity index (χ0n) is 14.9. The van der Waals surface area contributed by atoms with Crippen molar-refractivity contribution in [2.45, 2.75) is 19.6 Å². The molecule has 0 fully saturated rings. The second kappa shape index (κ2) is 7.87. The summed E-state index contributed by atoms with van der Waals surface area (Å²) in [5.74, 6) is -0.300. The summed E-state index contributed by atoms with van der Waals surface area (Å²) in [5, 5.41) is 0. The minimum Gasteiger partial charge on any atom is -0.444 e. The summed E-state index contributed by atoms with van der Waals surface area (Å²) < 4.78 is 21.4. The first-order chi connectivity index (χ1) is 13.5. The van der Waals surface area contributed by atoms with E-state index < -0.39 is 22.9 Å². The maximum absolute atomic E-state index is 13.4. The number of benzene rings is 1. The lowest BCUT2D eigenvalue weighted by Gasteiger charge is -2.11.